The van der Waals surface area contributed by atoms with Gasteiger partial charge in [-0.1, -0.05) is 11.6 Å². The maximum Gasteiger partial charge on any atom is 0.0164 e. The van der Waals surface area contributed by atoms with Crippen LogP contribution in [0.3, 0.4) is 0 Å². The zero-order valence-electron chi connectivity index (χ0n) is 11.5. The van der Waals surface area contributed by atoms with Gasteiger partial charge in [0.1, 0.15) is 0 Å². The quantitative estimate of drug-likeness (QED) is 0.744. The van der Waals surface area contributed by atoms with Crippen LogP contribution in [0.15, 0.2) is 11.6 Å². The summed E-state index contributed by atoms with van der Waals surface area (Å²) in [5, 5.41) is 3.79. The Hall–Kier alpha value is -0.300. The van der Waals surface area contributed by atoms with E-state index in [1.54, 1.807) is 37.7 Å². The maximum absolute atomic E-state index is 3.79. The highest BCUT2D eigenvalue weighted by Gasteiger charge is 2.47. The Balaban J connectivity index is 1.32. The van der Waals surface area contributed by atoms with Crippen molar-refractivity contribution >= 4 is 0 Å². The minimum Gasteiger partial charge on any atom is -0.313 e. The molecule has 0 saturated heterocycles. The van der Waals surface area contributed by atoms with E-state index in [0.29, 0.717) is 0 Å². The molecule has 5 aliphatic carbocycles. The van der Waals surface area contributed by atoms with E-state index in [9.17, 15) is 0 Å². The summed E-state index contributed by atoms with van der Waals surface area (Å²) in [4.78, 5) is 0. The van der Waals surface area contributed by atoms with Gasteiger partial charge in [0, 0.05) is 6.54 Å². The van der Waals surface area contributed by atoms with Gasteiger partial charge in [-0.3, -0.25) is 0 Å². The van der Waals surface area contributed by atoms with Gasteiger partial charge >= 0.3 is 0 Å². The molecule has 0 aliphatic heterocycles. The first-order chi connectivity index (χ1) is 8.88. The zero-order chi connectivity index (χ0) is 11.9. The second-order valence-corrected chi connectivity index (χ2v) is 7.48. The molecule has 0 aromatic rings. The summed E-state index contributed by atoms with van der Waals surface area (Å²) in [6.07, 6.45) is 14.4. The van der Waals surface area contributed by atoms with E-state index in [2.05, 4.69) is 11.4 Å². The standard InChI is InChI=1S/C17H27N/c1-2-4-12(3-1)10-18-11-17-15-6-13-5-14(8-15)9-16(17)7-13/h3,13-18H,1-2,4-11H2. The summed E-state index contributed by atoms with van der Waals surface area (Å²) >= 11 is 0. The smallest absolute Gasteiger partial charge is 0.0164 e. The molecule has 0 atom stereocenters. The van der Waals surface area contributed by atoms with Crippen LogP contribution in [0.25, 0.3) is 0 Å². The first-order valence-electron chi connectivity index (χ1n) is 8.27. The molecular formula is C17H27N. The van der Waals surface area contributed by atoms with Crippen molar-refractivity contribution in [2.75, 3.05) is 13.1 Å². The topological polar surface area (TPSA) is 12.0 Å². The fourth-order valence-electron chi connectivity index (χ4n) is 5.67. The van der Waals surface area contributed by atoms with Crippen LogP contribution >= 0.6 is 0 Å². The van der Waals surface area contributed by atoms with Gasteiger partial charge in [0.25, 0.3) is 0 Å². The Morgan fingerprint density at radius 1 is 1.00 bits per heavy atom. The third-order valence-electron chi connectivity index (χ3n) is 6.29. The Kier molecular flexibility index (Phi) is 2.99. The van der Waals surface area contributed by atoms with Crippen LogP contribution in [0.4, 0.5) is 0 Å². The largest absolute Gasteiger partial charge is 0.313 e. The fourth-order valence-corrected chi connectivity index (χ4v) is 5.67. The van der Waals surface area contributed by atoms with Crippen LogP contribution in [0.1, 0.15) is 51.4 Å². The highest BCUT2D eigenvalue weighted by atomic mass is 14.9. The summed E-state index contributed by atoms with van der Waals surface area (Å²) in [6, 6.07) is 0. The van der Waals surface area contributed by atoms with E-state index < -0.39 is 0 Å². The van der Waals surface area contributed by atoms with Crippen LogP contribution in [0.2, 0.25) is 0 Å². The van der Waals surface area contributed by atoms with Crippen LogP contribution in [-0.2, 0) is 0 Å². The third kappa shape index (κ3) is 2.05. The molecule has 0 spiro atoms. The van der Waals surface area contributed by atoms with Gasteiger partial charge in [-0.05, 0) is 87.5 Å². The summed E-state index contributed by atoms with van der Waals surface area (Å²) in [5.74, 6) is 5.46. The molecule has 18 heavy (non-hydrogen) atoms. The fraction of sp³-hybridized carbons (Fsp3) is 0.882. The van der Waals surface area contributed by atoms with Crippen molar-refractivity contribution in [1.82, 2.24) is 5.32 Å². The van der Waals surface area contributed by atoms with E-state index >= 15 is 0 Å². The molecule has 5 rings (SSSR count). The predicted molar refractivity (Wildman–Crippen MR) is 75.3 cm³/mol. The minimum absolute atomic E-state index is 1.03. The molecule has 0 heterocycles. The van der Waals surface area contributed by atoms with Crippen LogP contribution in [0, 0.1) is 29.6 Å². The molecule has 4 bridgehead atoms. The van der Waals surface area contributed by atoms with E-state index in [4.69, 9.17) is 0 Å². The molecule has 5 aliphatic rings. The van der Waals surface area contributed by atoms with Crippen LogP contribution in [-0.4, -0.2) is 13.1 Å². The lowest BCUT2D eigenvalue weighted by molar-refractivity contribution is -0.0351. The molecule has 0 aromatic heterocycles. The van der Waals surface area contributed by atoms with Crippen molar-refractivity contribution in [2.45, 2.75) is 51.4 Å². The van der Waals surface area contributed by atoms with E-state index in [1.165, 1.54) is 32.4 Å². The number of nitrogens with one attached hydrogen (secondary N) is 1. The Bertz CT molecular complexity index is 316. The normalized spacial score (nSPS) is 45.6. The highest BCUT2D eigenvalue weighted by Crippen LogP contribution is 2.56. The first-order valence-corrected chi connectivity index (χ1v) is 8.27. The molecule has 0 radical (unpaired) electrons. The van der Waals surface area contributed by atoms with Gasteiger partial charge in [0.2, 0.25) is 0 Å². The number of rotatable bonds is 4. The molecule has 1 nitrogen and oxygen atoms in total. The molecule has 4 saturated carbocycles. The van der Waals surface area contributed by atoms with Crippen molar-refractivity contribution in [3.05, 3.63) is 11.6 Å². The molecule has 1 N–H and O–H groups in total. The Morgan fingerprint density at radius 2 is 1.72 bits per heavy atom. The summed E-state index contributed by atoms with van der Waals surface area (Å²) in [5.41, 5.74) is 1.68. The molecule has 4 fully saturated rings. The molecule has 0 amide bonds. The van der Waals surface area contributed by atoms with Crippen molar-refractivity contribution < 1.29 is 0 Å². The second kappa shape index (κ2) is 4.67. The SMILES string of the molecule is C1=C(CNCC2C3CC4CC(C3)CC2C4)CCC1. The van der Waals surface area contributed by atoms with Gasteiger partial charge in [0.15, 0.2) is 0 Å². The highest BCUT2D eigenvalue weighted by molar-refractivity contribution is 5.09. The zero-order valence-corrected chi connectivity index (χ0v) is 11.5. The lowest BCUT2D eigenvalue weighted by Crippen LogP contribution is -2.48. The van der Waals surface area contributed by atoms with Crippen molar-refractivity contribution in [3.8, 4) is 0 Å². The van der Waals surface area contributed by atoms with Gasteiger partial charge in [0.05, 0.1) is 0 Å². The lowest BCUT2D eigenvalue weighted by atomic mass is 9.52. The van der Waals surface area contributed by atoms with Gasteiger partial charge in [-0.25, -0.2) is 0 Å². The molecule has 1 heteroatoms. The molecular weight excluding hydrogens is 218 g/mol. The molecule has 0 unspecified atom stereocenters. The number of hydrogen-bond donors (Lipinski definition) is 1. The maximum atomic E-state index is 3.79. The second-order valence-electron chi connectivity index (χ2n) is 7.48. The van der Waals surface area contributed by atoms with Gasteiger partial charge < -0.3 is 5.32 Å². The summed E-state index contributed by atoms with van der Waals surface area (Å²) < 4.78 is 0. The Morgan fingerprint density at radius 3 is 2.33 bits per heavy atom. The number of hydrogen-bond acceptors (Lipinski definition) is 1. The molecule has 100 valence electrons. The van der Waals surface area contributed by atoms with Gasteiger partial charge in [-0.2, -0.15) is 0 Å². The molecule has 0 aromatic carbocycles. The minimum atomic E-state index is 1.03. The van der Waals surface area contributed by atoms with Crippen LogP contribution in [0.5, 0.6) is 0 Å². The summed E-state index contributed by atoms with van der Waals surface area (Å²) in [7, 11) is 0. The lowest BCUT2D eigenvalue weighted by Gasteiger charge is -2.54. The number of allylic oxidation sites excluding steroid dienone is 1. The average Bonchev–Trinajstić information content (AvgIpc) is 2.85. The first kappa shape index (κ1) is 11.5. The van der Waals surface area contributed by atoms with E-state index in [0.717, 1.165) is 29.6 Å². The van der Waals surface area contributed by atoms with E-state index in [1.807, 2.05) is 0 Å². The van der Waals surface area contributed by atoms with Crippen molar-refractivity contribution in [1.29, 1.82) is 0 Å². The third-order valence-corrected chi connectivity index (χ3v) is 6.29. The predicted octanol–water partition coefficient (Wildman–Crippen LogP) is 3.76. The van der Waals surface area contributed by atoms with Gasteiger partial charge in [-0.15, -0.1) is 0 Å². The van der Waals surface area contributed by atoms with Crippen LogP contribution < -0.4 is 5.32 Å². The summed E-state index contributed by atoms with van der Waals surface area (Å²) in [6.45, 7) is 2.49. The van der Waals surface area contributed by atoms with Crippen molar-refractivity contribution in [3.63, 3.8) is 0 Å². The van der Waals surface area contributed by atoms with E-state index in [-0.39, 0.29) is 0 Å². The average molecular weight is 245 g/mol. The van der Waals surface area contributed by atoms with Crippen molar-refractivity contribution in [2.24, 2.45) is 29.6 Å². The monoisotopic (exact) mass is 245 g/mol. The Labute approximate surface area is 111 Å².